The van der Waals surface area contributed by atoms with Gasteiger partial charge in [-0.1, -0.05) is 13.0 Å². The number of aliphatic hydroxyl groups is 1. The van der Waals surface area contributed by atoms with Crippen molar-refractivity contribution in [2.45, 2.75) is 32.4 Å². The molecule has 2 rings (SSSR count). The highest BCUT2D eigenvalue weighted by Crippen LogP contribution is 2.27. The fraction of sp³-hybridized carbons (Fsp3) is 0.462. The first kappa shape index (κ1) is 13.5. The Morgan fingerprint density at radius 3 is 2.95 bits per heavy atom. The van der Waals surface area contributed by atoms with Crippen molar-refractivity contribution >= 4 is 17.6 Å². The zero-order valence-corrected chi connectivity index (χ0v) is 11.0. The van der Waals surface area contributed by atoms with Crippen LogP contribution in [0.4, 0.5) is 5.82 Å². The first-order chi connectivity index (χ1) is 9.04. The molecule has 6 heteroatoms. The smallest absolute Gasteiger partial charge is 0.249 e. The van der Waals surface area contributed by atoms with Crippen molar-refractivity contribution in [3.63, 3.8) is 0 Å². The average molecular weight is 263 g/mol. The molecule has 0 bridgehead atoms. The third kappa shape index (κ3) is 2.58. The minimum absolute atomic E-state index is 0.0704. The standard InChI is InChI=1S/C13H17N3O3/c1-3-10-13(19)15-11(18)7-16(10)12-9(8(2)17)5-4-6-14-12/h4-6,8,10,17H,3,7H2,1-2H3,(H,15,18,19). The van der Waals surface area contributed by atoms with Crippen LogP contribution in [0.1, 0.15) is 31.9 Å². The second-order valence-corrected chi connectivity index (χ2v) is 4.56. The largest absolute Gasteiger partial charge is 0.389 e. The first-order valence-electron chi connectivity index (χ1n) is 6.28. The third-order valence-electron chi connectivity index (χ3n) is 3.18. The van der Waals surface area contributed by atoms with Crippen molar-refractivity contribution in [3.8, 4) is 0 Å². The fourth-order valence-corrected chi connectivity index (χ4v) is 2.27. The van der Waals surface area contributed by atoms with Crippen molar-refractivity contribution in [1.82, 2.24) is 10.3 Å². The normalized spacial score (nSPS) is 21.2. The van der Waals surface area contributed by atoms with Gasteiger partial charge in [0.05, 0.1) is 12.6 Å². The van der Waals surface area contributed by atoms with Gasteiger partial charge in [0.25, 0.3) is 0 Å². The van der Waals surface area contributed by atoms with Crippen LogP contribution in [0, 0.1) is 0 Å². The van der Waals surface area contributed by atoms with Crippen LogP contribution >= 0.6 is 0 Å². The van der Waals surface area contributed by atoms with Crippen LogP contribution in [0.2, 0.25) is 0 Å². The second-order valence-electron chi connectivity index (χ2n) is 4.56. The van der Waals surface area contributed by atoms with Gasteiger partial charge in [-0.05, 0) is 19.4 Å². The number of pyridine rings is 1. The van der Waals surface area contributed by atoms with E-state index in [2.05, 4.69) is 10.3 Å². The number of aliphatic hydroxyl groups excluding tert-OH is 1. The van der Waals surface area contributed by atoms with E-state index in [1.165, 1.54) is 0 Å². The Kier molecular flexibility index (Phi) is 3.80. The Bertz CT molecular complexity index is 502. The summed E-state index contributed by atoms with van der Waals surface area (Å²) in [4.78, 5) is 29.3. The number of carbonyl (C=O) groups excluding carboxylic acids is 2. The predicted octanol–water partition coefficient (Wildman–Crippen LogP) is 0.376. The van der Waals surface area contributed by atoms with E-state index in [0.717, 1.165) is 0 Å². The number of nitrogens with zero attached hydrogens (tertiary/aromatic N) is 2. The van der Waals surface area contributed by atoms with Gasteiger partial charge in [0.15, 0.2) is 0 Å². The molecule has 0 aromatic carbocycles. The van der Waals surface area contributed by atoms with Crippen LogP contribution in [0.5, 0.6) is 0 Å². The molecule has 102 valence electrons. The van der Waals surface area contributed by atoms with E-state index in [0.29, 0.717) is 17.8 Å². The molecular formula is C13H17N3O3. The summed E-state index contributed by atoms with van der Waals surface area (Å²) in [6.07, 6.45) is 1.45. The molecular weight excluding hydrogens is 246 g/mol. The molecule has 0 saturated carbocycles. The number of amides is 2. The Balaban J connectivity index is 2.43. The predicted molar refractivity (Wildman–Crippen MR) is 69.4 cm³/mol. The highest BCUT2D eigenvalue weighted by Gasteiger charge is 2.34. The molecule has 0 spiro atoms. The minimum Gasteiger partial charge on any atom is -0.389 e. The topological polar surface area (TPSA) is 82.5 Å². The zero-order valence-electron chi connectivity index (χ0n) is 11.0. The lowest BCUT2D eigenvalue weighted by atomic mass is 10.1. The molecule has 2 amide bonds. The van der Waals surface area contributed by atoms with Crippen molar-refractivity contribution in [2.24, 2.45) is 0 Å². The number of carbonyl (C=O) groups is 2. The second kappa shape index (κ2) is 5.36. The van der Waals surface area contributed by atoms with Crippen LogP contribution in [0.15, 0.2) is 18.3 Å². The van der Waals surface area contributed by atoms with Gasteiger partial charge in [-0.3, -0.25) is 14.9 Å². The van der Waals surface area contributed by atoms with Crippen LogP contribution < -0.4 is 10.2 Å². The lowest BCUT2D eigenvalue weighted by Gasteiger charge is -2.35. The van der Waals surface area contributed by atoms with Gasteiger partial charge >= 0.3 is 0 Å². The molecule has 2 unspecified atom stereocenters. The SMILES string of the molecule is CCC1C(=O)NC(=O)CN1c1ncccc1C(C)O. The number of aromatic nitrogens is 1. The van der Waals surface area contributed by atoms with E-state index in [1.54, 1.807) is 30.2 Å². The summed E-state index contributed by atoms with van der Waals surface area (Å²) in [6, 6.07) is 3.03. The molecule has 19 heavy (non-hydrogen) atoms. The molecule has 2 heterocycles. The molecule has 0 aliphatic carbocycles. The molecule has 0 radical (unpaired) electrons. The van der Waals surface area contributed by atoms with Gasteiger partial charge in [-0.2, -0.15) is 0 Å². The number of anilines is 1. The molecule has 1 saturated heterocycles. The van der Waals surface area contributed by atoms with Crippen LogP contribution in [0.25, 0.3) is 0 Å². The van der Waals surface area contributed by atoms with Gasteiger partial charge in [0, 0.05) is 11.8 Å². The number of imide groups is 1. The fourth-order valence-electron chi connectivity index (χ4n) is 2.27. The van der Waals surface area contributed by atoms with Crippen molar-refractivity contribution in [1.29, 1.82) is 0 Å². The minimum atomic E-state index is -0.707. The summed E-state index contributed by atoms with van der Waals surface area (Å²) in [5, 5.41) is 12.1. The number of nitrogens with one attached hydrogen (secondary N) is 1. The van der Waals surface area contributed by atoms with E-state index < -0.39 is 12.1 Å². The van der Waals surface area contributed by atoms with Gasteiger partial charge in [0.2, 0.25) is 11.8 Å². The van der Waals surface area contributed by atoms with E-state index in [1.807, 2.05) is 6.92 Å². The van der Waals surface area contributed by atoms with Crippen molar-refractivity contribution in [2.75, 3.05) is 11.4 Å². The number of hydrogen-bond donors (Lipinski definition) is 2. The van der Waals surface area contributed by atoms with Gasteiger partial charge in [-0.15, -0.1) is 0 Å². The molecule has 1 fully saturated rings. The number of rotatable bonds is 3. The molecule has 6 nitrogen and oxygen atoms in total. The average Bonchev–Trinajstić information content (AvgIpc) is 2.37. The maximum absolute atomic E-state index is 11.8. The van der Waals surface area contributed by atoms with Gasteiger partial charge in [0.1, 0.15) is 11.9 Å². The number of piperazine rings is 1. The summed E-state index contributed by atoms with van der Waals surface area (Å²) >= 11 is 0. The summed E-state index contributed by atoms with van der Waals surface area (Å²) < 4.78 is 0. The zero-order chi connectivity index (χ0) is 14.0. The van der Waals surface area contributed by atoms with Gasteiger partial charge < -0.3 is 10.0 Å². The Labute approximate surface area is 111 Å². The Morgan fingerprint density at radius 2 is 2.32 bits per heavy atom. The number of hydrogen-bond acceptors (Lipinski definition) is 5. The monoisotopic (exact) mass is 263 g/mol. The van der Waals surface area contributed by atoms with Crippen LogP contribution in [-0.4, -0.2) is 34.5 Å². The summed E-state index contributed by atoms with van der Waals surface area (Å²) in [7, 11) is 0. The Hall–Kier alpha value is -1.95. The Morgan fingerprint density at radius 1 is 1.58 bits per heavy atom. The van der Waals surface area contributed by atoms with Gasteiger partial charge in [-0.25, -0.2) is 4.98 Å². The summed E-state index contributed by atoms with van der Waals surface area (Å²) in [5.74, 6) is -0.176. The molecule has 1 aromatic heterocycles. The molecule has 2 N–H and O–H groups in total. The highest BCUT2D eigenvalue weighted by molar-refractivity contribution is 6.04. The van der Waals surface area contributed by atoms with Crippen LogP contribution in [0.3, 0.4) is 0 Å². The maximum atomic E-state index is 11.8. The van der Waals surface area contributed by atoms with Crippen LogP contribution in [-0.2, 0) is 9.59 Å². The van der Waals surface area contributed by atoms with E-state index >= 15 is 0 Å². The summed E-state index contributed by atoms with van der Waals surface area (Å²) in [6.45, 7) is 3.58. The molecule has 2 atom stereocenters. The van der Waals surface area contributed by atoms with E-state index in [4.69, 9.17) is 0 Å². The molecule has 1 aliphatic rings. The summed E-state index contributed by atoms with van der Waals surface area (Å²) in [5.41, 5.74) is 0.614. The lowest BCUT2D eigenvalue weighted by Crippen LogP contribution is -2.58. The molecule has 1 aliphatic heterocycles. The van der Waals surface area contributed by atoms with E-state index in [-0.39, 0.29) is 18.4 Å². The lowest BCUT2D eigenvalue weighted by molar-refractivity contribution is -0.133. The highest BCUT2D eigenvalue weighted by atomic mass is 16.3. The maximum Gasteiger partial charge on any atom is 0.249 e. The third-order valence-corrected chi connectivity index (χ3v) is 3.18. The molecule has 1 aromatic rings. The quantitative estimate of drug-likeness (QED) is 0.770. The van der Waals surface area contributed by atoms with Crippen molar-refractivity contribution in [3.05, 3.63) is 23.9 Å². The first-order valence-corrected chi connectivity index (χ1v) is 6.28. The van der Waals surface area contributed by atoms with E-state index in [9.17, 15) is 14.7 Å². The van der Waals surface area contributed by atoms with Crippen molar-refractivity contribution < 1.29 is 14.7 Å².